The monoisotopic (exact) mass is 440 g/mol. The summed E-state index contributed by atoms with van der Waals surface area (Å²) in [5.41, 5.74) is 11.7. The van der Waals surface area contributed by atoms with Crippen molar-refractivity contribution in [1.29, 1.82) is 5.26 Å². The van der Waals surface area contributed by atoms with Gasteiger partial charge in [-0.25, -0.2) is 0 Å². The van der Waals surface area contributed by atoms with Gasteiger partial charge in [-0.1, -0.05) is 41.5 Å². The zero-order chi connectivity index (χ0) is 22.5. The van der Waals surface area contributed by atoms with Gasteiger partial charge in [-0.2, -0.15) is 18.9 Å². The van der Waals surface area contributed by atoms with E-state index >= 15 is 0 Å². The first-order chi connectivity index (χ1) is 14.9. The summed E-state index contributed by atoms with van der Waals surface area (Å²) < 4.78 is 25.9. The van der Waals surface area contributed by atoms with Crippen LogP contribution in [0.15, 0.2) is 53.6 Å². The summed E-state index contributed by atoms with van der Waals surface area (Å²) in [4.78, 5) is 2.70. The Morgan fingerprint density at radius 3 is 2.32 bits per heavy atom. The lowest BCUT2D eigenvalue weighted by Gasteiger charge is -2.01. The molecule has 0 unspecified atom stereocenters. The van der Waals surface area contributed by atoms with E-state index in [1.54, 1.807) is 24.3 Å². The van der Waals surface area contributed by atoms with Gasteiger partial charge in [0.1, 0.15) is 0 Å². The lowest BCUT2D eigenvalue weighted by atomic mass is 10.1. The molecule has 0 aliphatic rings. The van der Waals surface area contributed by atoms with Crippen molar-refractivity contribution in [3.05, 3.63) is 75.7 Å². The van der Waals surface area contributed by atoms with E-state index in [0.717, 1.165) is 29.4 Å². The van der Waals surface area contributed by atoms with E-state index < -0.39 is 10.1 Å². The zero-order valence-corrected chi connectivity index (χ0v) is 17.5. The number of aromatic nitrogens is 4. The molecule has 31 heavy (non-hydrogen) atoms. The van der Waals surface area contributed by atoms with Crippen molar-refractivity contribution < 1.29 is 12.6 Å². The number of hydrogen-bond acceptors (Lipinski definition) is 8. The van der Waals surface area contributed by atoms with Crippen LogP contribution in [0.25, 0.3) is 21.8 Å². The van der Waals surface area contributed by atoms with Crippen molar-refractivity contribution in [2.75, 3.05) is 19.4 Å². The maximum Gasteiger partial charge on any atom is 0.264 e. The number of rotatable bonds is 8. The Morgan fingerprint density at radius 1 is 1.13 bits per heavy atom. The van der Waals surface area contributed by atoms with E-state index in [-0.39, 0.29) is 6.61 Å². The van der Waals surface area contributed by atoms with Gasteiger partial charge >= 0.3 is 0 Å². The Kier molecular flexibility index (Phi) is 9.13. The lowest BCUT2D eigenvalue weighted by molar-refractivity contribution is 0.326. The van der Waals surface area contributed by atoms with E-state index in [4.69, 9.17) is 10.8 Å². The maximum absolute atomic E-state index is 10.7. The minimum absolute atomic E-state index is 0.130. The predicted molar refractivity (Wildman–Crippen MR) is 113 cm³/mol. The molecule has 12 heteroatoms. The molecule has 0 spiro atoms. The van der Waals surface area contributed by atoms with Crippen molar-refractivity contribution in [3.8, 4) is 17.5 Å². The molecule has 0 saturated heterocycles. The quantitative estimate of drug-likeness (QED) is 0.243. The van der Waals surface area contributed by atoms with Gasteiger partial charge in [-0.15, -0.1) is 10.2 Å². The molecule has 0 aliphatic carbocycles. The zero-order valence-electron chi connectivity index (χ0n) is 16.7. The van der Waals surface area contributed by atoms with Crippen LogP contribution in [0.4, 0.5) is 0 Å². The third-order valence-corrected chi connectivity index (χ3v) is 4.49. The fourth-order valence-electron chi connectivity index (χ4n) is 2.39. The second-order valence-corrected chi connectivity index (χ2v) is 7.87. The molecule has 0 bridgehead atoms. The van der Waals surface area contributed by atoms with Crippen molar-refractivity contribution in [3.63, 3.8) is 0 Å². The molecule has 11 nitrogen and oxygen atoms in total. The molecule has 1 aromatic heterocycles. The van der Waals surface area contributed by atoms with Crippen molar-refractivity contribution in [2.24, 2.45) is 5.11 Å². The van der Waals surface area contributed by atoms with Crippen LogP contribution in [0.1, 0.15) is 16.7 Å². The summed E-state index contributed by atoms with van der Waals surface area (Å²) in [6, 6.07) is 16.7. The predicted octanol–water partition coefficient (Wildman–Crippen LogP) is 2.80. The summed E-state index contributed by atoms with van der Waals surface area (Å²) >= 11 is 0. The van der Waals surface area contributed by atoms with Crippen LogP contribution in [0.5, 0.6) is 0 Å². The van der Waals surface area contributed by atoms with Crippen LogP contribution in [-0.4, -0.2) is 48.4 Å². The first-order valence-corrected chi connectivity index (χ1v) is 10.9. The standard InChI is InChI=1S/C10H11NO3S.C9H9N7/c1-15(12,13)14-7-6-9-2-4-10(8-11)5-3-9;10-14-11-6-5-7-1-3-8(4-2-7)9-12-15-16-13-9/h2-5H,6-7H2,1H3;1-4H,5-6H2,(H,12,13,15,16). The largest absolute Gasteiger partial charge is 0.270 e. The molecule has 0 amide bonds. The Balaban J connectivity index is 0.000000221. The van der Waals surface area contributed by atoms with Crippen LogP contribution in [0.2, 0.25) is 0 Å². The van der Waals surface area contributed by atoms with E-state index in [1.807, 2.05) is 30.3 Å². The molecular formula is C19H20N8O3S. The summed E-state index contributed by atoms with van der Waals surface area (Å²) in [7, 11) is -3.36. The number of benzene rings is 2. The molecule has 0 fully saturated rings. The van der Waals surface area contributed by atoms with Crippen LogP contribution >= 0.6 is 0 Å². The Labute approximate surface area is 179 Å². The highest BCUT2D eigenvalue weighted by Crippen LogP contribution is 2.14. The number of tetrazole rings is 1. The van der Waals surface area contributed by atoms with Gasteiger partial charge in [-0.05, 0) is 46.8 Å². The van der Waals surface area contributed by atoms with Gasteiger partial charge in [-0.3, -0.25) is 4.18 Å². The van der Waals surface area contributed by atoms with Crippen LogP contribution in [0, 0.1) is 11.3 Å². The third kappa shape index (κ3) is 9.05. The lowest BCUT2D eigenvalue weighted by Crippen LogP contribution is -2.06. The Bertz CT molecular complexity index is 1130. The first kappa shape index (κ1) is 23.5. The summed E-state index contributed by atoms with van der Waals surface area (Å²) in [6.07, 6.45) is 2.27. The molecule has 3 aromatic rings. The van der Waals surface area contributed by atoms with Crippen molar-refractivity contribution in [2.45, 2.75) is 12.8 Å². The summed E-state index contributed by atoms with van der Waals surface area (Å²) in [5, 5.41) is 25.7. The van der Waals surface area contributed by atoms with Crippen molar-refractivity contribution in [1.82, 2.24) is 20.6 Å². The molecule has 2 aromatic carbocycles. The molecule has 3 rings (SSSR count). The highest BCUT2D eigenvalue weighted by molar-refractivity contribution is 7.85. The average Bonchev–Trinajstić information content (AvgIpc) is 3.29. The fourth-order valence-corrected chi connectivity index (χ4v) is 2.77. The Morgan fingerprint density at radius 2 is 1.77 bits per heavy atom. The van der Waals surface area contributed by atoms with Crippen LogP contribution in [0.3, 0.4) is 0 Å². The maximum atomic E-state index is 10.7. The van der Waals surface area contributed by atoms with Crippen LogP contribution < -0.4 is 0 Å². The summed E-state index contributed by atoms with van der Waals surface area (Å²) in [6.45, 7) is 0.600. The number of nitrogens with zero attached hydrogens (tertiary/aromatic N) is 7. The van der Waals surface area contributed by atoms with Gasteiger partial charge in [0.05, 0.1) is 24.5 Å². The van der Waals surface area contributed by atoms with Gasteiger partial charge < -0.3 is 0 Å². The second-order valence-electron chi connectivity index (χ2n) is 6.22. The topological polar surface area (TPSA) is 170 Å². The number of nitrogens with one attached hydrogen (secondary N) is 1. The fraction of sp³-hybridized carbons (Fsp3) is 0.263. The summed E-state index contributed by atoms with van der Waals surface area (Å²) in [5.74, 6) is 0.571. The molecule has 0 radical (unpaired) electrons. The number of H-pyrrole nitrogens is 1. The molecule has 1 heterocycles. The highest BCUT2D eigenvalue weighted by Gasteiger charge is 2.02. The number of hydrogen-bond donors (Lipinski definition) is 1. The number of aromatic amines is 1. The molecular weight excluding hydrogens is 420 g/mol. The smallest absolute Gasteiger partial charge is 0.264 e. The third-order valence-electron chi connectivity index (χ3n) is 3.89. The van der Waals surface area contributed by atoms with E-state index in [2.05, 4.69) is 34.8 Å². The Hall–Kier alpha value is -3.78. The van der Waals surface area contributed by atoms with E-state index in [1.165, 1.54) is 0 Å². The van der Waals surface area contributed by atoms with Crippen LogP contribution in [-0.2, 0) is 27.1 Å². The normalized spacial score (nSPS) is 10.3. The highest BCUT2D eigenvalue weighted by atomic mass is 32.2. The van der Waals surface area contributed by atoms with Gasteiger partial charge in [0.2, 0.25) is 5.82 Å². The first-order valence-electron chi connectivity index (χ1n) is 9.08. The molecule has 0 atom stereocenters. The minimum atomic E-state index is -3.36. The van der Waals surface area contributed by atoms with Gasteiger partial charge in [0.25, 0.3) is 10.1 Å². The van der Waals surface area contributed by atoms with E-state index in [9.17, 15) is 8.42 Å². The second kappa shape index (κ2) is 12.0. The molecule has 1 N–H and O–H groups in total. The number of nitriles is 1. The molecule has 0 aliphatic heterocycles. The van der Waals surface area contributed by atoms with Gasteiger partial charge in [0, 0.05) is 17.0 Å². The average molecular weight is 440 g/mol. The van der Waals surface area contributed by atoms with Gasteiger partial charge in [0.15, 0.2) is 0 Å². The minimum Gasteiger partial charge on any atom is -0.270 e. The molecule has 160 valence electrons. The van der Waals surface area contributed by atoms with Crippen molar-refractivity contribution >= 4 is 10.1 Å². The number of azide groups is 1. The molecule has 0 saturated carbocycles. The van der Waals surface area contributed by atoms with E-state index in [0.29, 0.717) is 24.4 Å². The SMILES string of the molecule is CS(=O)(=O)OCCc1ccc(C#N)cc1.[N-]=[N+]=NCCc1ccc(-c2nn[nH]n2)cc1.